The fourth-order valence-corrected chi connectivity index (χ4v) is 4.16. The Morgan fingerprint density at radius 2 is 1.72 bits per heavy atom. The molecule has 6 nitrogen and oxygen atoms in total. The SMILES string of the molecule is CCC(CC)C(=O)N1N=C(c2ccc(NS(C)(=O)=O)cc2)C[C@H]1c1ccccc1. The quantitative estimate of drug-likeness (QED) is 0.740. The van der Waals surface area contributed by atoms with Gasteiger partial charge in [-0.15, -0.1) is 0 Å². The molecule has 2 aromatic rings. The number of carbonyl (C=O) groups excluding carboxylic acids is 1. The van der Waals surface area contributed by atoms with Crippen LogP contribution in [0.3, 0.4) is 0 Å². The predicted octanol–water partition coefficient (Wildman–Crippen LogP) is 4.17. The lowest BCUT2D eigenvalue weighted by Crippen LogP contribution is -2.32. The summed E-state index contributed by atoms with van der Waals surface area (Å²) in [6, 6.07) is 16.9. The zero-order valence-electron chi connectivity index (χ0n) is 17.0. The first kappa shape index (κ1) is 21.0. The second kappa shape index (κ2) is 8.78. The summed E-state index contributed by atoms with van der Waals surface area (Å²) in [6.45, 7) is 4.05. The molecule has 0 aromatic heterocycles. The van der Waals surface area contributed by atoms with E-state index in [1.807, 2.05) is 56.3 Å². The van der Waals surface area contributed by atoms with Gasteiger partial charge in [-0.1, -0.05) is 56.3 Å². The van der Waals surface area contributed by atoms with Gasteiger partial charge in [0.15, 0.2) is 0 Å². The number of hydrazone groups is 1. The highest BCUT2D eigenvalue weighted by molar-refractivity contribution is 7.92. The highest BCUT2D eigenvalue weighted by Crippen LogP contribution is 2.34. The van der Waals surface area contributed by atoms with E-state index >= 15 is 0 Å². The van der Waals surface area contributed by atoms with E-state index in [2.05, 4.69) is 4.72 Å². The molecule has 1 heterocycles. The molecule has 0 fully saturated rings. The van der Waals surface area contributed by atoms with Crippen molar-refractivity contribution in [1.82, 2.24) is 5.01 Å². The molecule has 29 heavy (non-hydrogen) atoms. The maximum atomic E-state index is 13.1. The van der Waals surface area contributed by atoms with Crippen molar-refractivity contribution >= 4 is 27.3 Å². The molecule has 0 bridgehead atoms. The summed E-state index contributed by atoms with van der Waals surface area (Å²) in [5.41, 5.74) is 3.26. The number of benzene rings is 2. The van der Waals surface area contributed by atoms with Crippen LogP contribution in [0.15, 0.2) is 59.7 Å². The van der Waals surface area contributed by atoms with E-state index in [-0.39, 0.29) is 17.9 Å². The minimum atomic E-state index is -3.32. The third kappa shape index (κ3) is 5.03. The van der Waals surface area contributed by atoms with E-state index in [1.165, 1.54) is 0 Å². The Kier molecular flexibility index (Phi) is 6.37. The average Bonchev–Trinajstić information content (AvgIpc) is 3.14. The number of nitrogens with one attached hydrogen (secondary N) is 1. The molecule has 2 aromatic carbocycles. The number of anilines is 1. The van der Waals surface area contributed by atoms with Crippen LogP contribution in [0, 0.1) is 5.92 Å². The highest BCUT2D eigenvalue weighted by Gasteiger charge is 2.35. The molecule has 3 rings (SSSR count). The lowest BCUT2D eigenvalue weighted by molar-refractivity contribution is -0.137. The Balaban J connectivity index is 1.91. The van der Waals surface area contributed by atoms with Crippen molar-refractivity contribution in [3.05, 3.63) is 65.7 Å². The molecule has 0 saturated heterocycles. The lowest BCUT2D eigenvalue weighted by atomic mass is 9.96. The van der Waals surface area contributed by atoms with Crippen LogP contribution in [0.2, 0.25) is 0 Å². The summed E-state index contributed by atoms with van der Waals surface area (Å²) in [5.74, 6) is -0.000125. The lowest BCUT2D eigenvalue weighted by Gasteiger charge is -2.25. The van der Waals surface area contributed by atoms with Crippen molar-refractivity contribution in [3.8, 4) is 0 Å². The zero-order valence-corrected chi connectivity index (χ0v) is 17.8. The molecule has 1 N–H and O–H groups in total. The third-order valence-corrected chi connectivity index (χ3v) is 5.78. The molecule has 7 heteroatoms. The van der Waals surface area contributed by atoms with Gasteiger partial charge in [0, 0.05) is 18.0 Å². The number of sulfonamides is 1. The average molecular weight is 414 g/mol. The molecule has 0 unspecified atom stereocenters. The Bertz CT molecular complexity index is 982. The smallest absolute Gasteiger partial charge is 0.246 e. The number of rotatable bonds is 7. The first-order valence-electron chi connectivity index (χ1n) is 9.86. The van der Waals surface area contributed by atoms with Gasteiger partial charge >= 0.3 is 0 Å². The monoisotopic (exact) mass is 413 g/mol. The van der Waals surface area contributed by atoms with Crippen molar-refractivity contribution in [2.75, 3.05) is 11.0 Å². The normalized spacial score (nSPS) is 16.8. The summed E-state index contributed by atoms with van der Waals surface area (Å²) in [7, 11) is -3.32. The van der Waals surface area contributed by atoms with Crippen molar-refractivity contribution < 1.29 is 13.2 Å². The Morgan fingerprint density at radius 3 is 2.28 bits per heavy atom. The second-order valence-corrected chi connectivity index (χ2v) is 9.07. The highest BCUT2D eigenvalue weighted by atomic mass is 32.2. The van der Waals surface area contributed by atoms with Crippen LogP contribution in [0.4, 0.5) is 5.69 Å². The van der Waals surface area contributed by atoms with E-state index in [1.54, 1.807) is 17.1 Å². The van der Waals surface area contributed by atoms with Crippen molar-refractivity contribution in [2.45, 2.75) is 39.2 Å². The predicted molar refractivity (Wildman–Crippen MR) is 116 cm³/mol. The number of hydrogen-bond acceptors (Lipinski definition) is 4. The first-order valence-corrected chi connectivity index (χ1v) is 11.7. The van der Waals surface area contributed by atoms with Gasteiger partial charge in [0.25, 0.3) is 0 Å². The molecule has 1 aliphatic rings. The van der Waals surface area contributed by atoms with Crippen LogP contribution >= 0.6 is 0 Å². The van der Waals surface area contributed by atoms with Gasteiger partial charge in [-0.2, -0.15) is 5.10 Å². The molecule has 1 amide bonds. The summed E-state index contributed by atoms with van der Waals surface area (Å²) in [4.78, 5) is 13.1. The van der Waals surface area contributed by atoms with Crippen LogP contribution in [0.5, 0.6) is 0 Å². The first-order chi connectivity index (χ1) is 13.8. The minimum Gasteiger partial charge on any atom is -0.284 e. The summed E-state index contributed by atoms with van der Waals surface area (Å²) < 4.78 is 25.3. The molecule has 0 saturated carbocycles. The second-order valence-electron chi connectivity index (χ2n) is 7.33. The van der Waals surface area contributed by atoms with Crippen molar-refractivity contribution in [3.63, 3.8) is 0 Å². The van der Waals surface area contributed by atoms with Gasteiger partial charge in [0.1, 0.15) is 0 Å². The number of carbonyl (C=O) groups is 1. The maximum Gasteiger partial charge on any atom is 0.246 e. The van der Waals surface area contributed by atoms with E-state index < -0.39 is 10.0 Å². The summed E-state index contributed by atoms with van der Waals surface area (Å²) in [5, 5.41) is 6.34. The van der Waals surface area contributed by atoms with E-state index in [4.69, 9.17) is 5.10 Å². The fourth-order valence-electron chi connectivity index (χ4n) is 3.59. The van der Waals surface area contributed by atoms with Crippen LogP contribution in [-0.4, -0.2) is 31.3 Å². The molecule has 0 spiro atoms. The van der Waals surface area contributed by atoms with Crippen LogP contribution in [0.1, 0.15) is 50.3 Å². The van der Waals surface area contributed by atoms with Gasteiger partial charge in [-0.25, -0.2) is 13.4 Å². The van der Waals surface area contributed by atoms with Crippen molar-refractivity contribution in [1.29, 1.82) is 0 Å². The molecule has 1 atom stereocenters. The number of amides is 1. The largest absolute Gasteiger partial charge is 0.284 e. The Labute approximate surface area is 172 Å². The molecular formula is C22H27N3O3S. The Morgan fingerprint density at radius 1 is 1.10 bits per heavy atom. The van der Waals surface area contributed by atoms with Crippen LogP contribution in [-0.2, 0) is 14.8 Å². The molecular weight excluding hydrogens is 386 g/mol. The van der Waals surface area contributed by atoms with E-state index in [9.17, 15) is 13.2 Å². The zero-order chi connectivity index (χ0) is 21.0. The van der Waals surface area contributed by atoms with Gasteiger partial charge in [-0.3, -0.25) is 9.52 Å². The number of nitrogens with zero attached hydrogens (tertiary/aromatic N) is 2. The molecule has 154 valence electrons. The van der Waals surface area contributed by atoms with Crippen molar-refractivity contribution in [2.24, 2.45) is 11.0 Å². The standard InChI is InChI=1S/C22H27N3O3S/c1-4-16(5-2)22(26)25-21(18-9-7-6-8-10-18)15-20(23-25)17-11-13-19(14-12-17)24-29(3,27)28/h6-14,16,21,24H,4-5,15H2,1-3H3/t21-/m0/s1. The molecule has 1 aliphatic heterocycles. The third-order valence-electron chi connectivity index (χ3n) is 5.18. The Hall–Kier alpha value is -2.67. The van der Waals surface area contributed by atoms with Gasteiger partial charge < -0.3 is 0 Å². The maximum absolute atomic E-state index is 13.1. The van der Waals surface area contributed by atoms with E-state index in [0.29, 0.717) is 12.1 Å². The topological polar surface area (TPSA) is 78.8 Å². The fraction of sp³-hybridized carbons (Fsp3) is 0.364. The van der Waals surface area contributed by atoms with Gasteiger partial charge in [-0.05, 0) is 36.1 Å². The minimum absolute atomic E-state index is 0.0502. The number of hydrogen-bond donors (Lipinski definition) is 1. The van der Waals surface area contributed by atoms with Crippen LogP contribution < -0.4 is 4.72 Å². The van der Waals surface area contributed by atoms with Gasteiger partial charge in [0.2, 0.25) is 15.9 Å². The summed E-state index contributed by atoms with van der Waals surface area (Å²) >= 11 is 0. The molecule has 0 radical (unpaired) electrons. The summed E-state index contributed by atoms with van der Waals surface area (Å²) in [6.07, 6.45) is 3.30. The van der Waals surface area contributed by atoms with E-state index in [0.717, 1.165) is 35.9 Å². The van der Waals surface area contributed by atoms with Gasteiger partial charge in [0.05, 0.1) is 18.0 Å². The van der Waals surface area contributed by atoms with Crippen LogP contribution in [0.25, 0.3) is 0 Å². The molecule has 0 aliphatic carbocycles.